The largest absolute Gasteiger partial charge is 0.309 e. The van der Waals surface area contributed by atoms with Crippen LogP contribution < -0.4 is 5.32 Å². The van der Waals surface area contributed by atoms with E-state index in [4.69, 9.17) is 5.26 Å². The molecule has 0 spiro atoms. The van der Waals surface area contributed by atoms with Gasteiger partial charge in [0.15, 0.2) is 0 Å². The van der Waals surface area contributed by atoms with E-state index < -0.39 is 0 Å². The highest BCUT2D eigenvalue weighted by molar-refractivity contribution is 5.33. The highest BCUT2D eigenvalue weighted by Crippen LogP contribution is 2.37. The Morgan fingerprint density at radius 2 is 2.28 bits per heavy atom. The first kappa shape index (κ1) is 13.0. The van der Waals surface area contributed by atoms with Crippen LogP contribution in [0.5, 0.6) is 0 Å². The third kappa shape index (κ3) is 2.70. The molecule has 1 fully saturated rings. The maximum atomic E-state index is 13.6. The fourth-order valence-corrected chi connectivity index (χ4v) is 2.72. The molecule has 1 aromatic rings. The van der Waals surface area contributed by atoms with Gasteiger partial charge in [0.25, 0.3) is 0 Å². The predicted octanol–water partition coefficient (Wildman–Crippen LogP) is 3.37. The van der Waals surface area contributed by atoms with Crippen LogP contribution in [-0.4, -0.2) is 6.04 Å². The summed E-state index contributed by atoms with van der Waals surface area (Å²) in [5, 5.41) is 12.3. The minimum Gasteiger partial charge on any atom is -0.309 e. The van der Waals surface area contributed by atoms with E-state index in [9.17, 15) is 4.39 Å². The van der Waals surface area contributed by atoms with Gasteiger partial charge in [-0.25, -0.2) is 4.39 Å². The van der Waals surface area contributed by atoms with Gasteiger partial charge >= 0.3 is 0 Å². The first-order valence-electron chi connectivity index (χ1n) is 6.45. The Labute approximate surface area is 108 Å². The normalized spacial score (nSPS) is 21.8. The van der Waals surface area contributed by atoms with Crippen molar-refractivity contribution in [3.05, 3.63) is 35.1 Å². The second-order valence-corrected chi connectivity index (χ2v) is 5.73. The molecule has 1 aliphatic carbocycles. The topological polar surface area (TPSA) is 35.8 Å². The Hall–Kier alpha value is -1.40. The number of hydrogen-bond acceptors (Lipinski definition) is 2. The molecule has 1 N–H and O–H groups in total. The molecule has 0 amide bonds. The lowest BCUT2D eigenvalue weighted by Crippen LogP contribution is -2.37. The number of rotatable bonds is 3. The third-order valence-electron chi connectivity index (χ3n) is 3.97. The summed E-state index contributed by atoms with van der Waals surface area (Å²) in [4.78, 5) is 0. The smallest absolute Gasteiger partial charge is 0.127 e. The molecule has 3 heteroatoms. The molecule has 2 nitrogen and oxygen atoms in total. The van der Waals surface area contributed by atoms with Gasteiger partial charge < -0.3 is 5.32 Å². The molecule has 1 aromatic carbocycles. The van der Waals surface area contributed by atoms with Crippen LogP contribution >= 0.6 is 0 Å². The Balaban J connectivity index is 2.04. The minimum atomic E-state index is -0.239. The maximum Gasteiger partial charge on any atom is 0.127 e. The van der Waals surface area contributed by atoms with Crippen molar-refractivity contribution in [3.8, 4) is 6.07 Å². The van der Waals surface area contributed by atoms with E-state index in [1.165, 1.54) is 25.0 Å². The molecule has 96 valence electrons. The number of halogens is 1. The van der Waals surface area contributed by atoms with Gasteiger partial charge in [0, 0.05) is 18.2 Å². The first-order valence-corrected chi connectivity index (χ1v) is 6.45. The Kier molecular flexibility index (Phi) is 3.68. The molecule has 18 heavy (non-hydrogen) atoms. The van der Waals surface area contributed by atoms with Crippen LogP contribution in [0.15, 0.2) is 18.2 Å². The fourth-order valence-electron chi connectivity index (χ4n) is 2.72. The highest BCUT2D eigenvalue weighted by atomic mass is 19.1. The van der Waals surface area contributed by atoms with Crippen molar-refractivity contribution >= 4 is 0 Å². The van der Waals surface area contributed by atoms with Crippen LogP contribution in [0.4, 0.5) is 4.39 Å². The van der Waals surface area contributed by atoms with Crippen molar-refractivity contribution in [2.75, 3.05) is 0 Å². The lowest BCUT2D eigenvalue weighted by Gasteiger charge is -2.28. The zero-order valence-electron chi connectivity index (χ0n) is 11.0. The predicted molar refractivity (Wildman–Crippen MR) is 69.4 cm³/mol. The summed E-state index contributed by atoms with van der Waals surface area (Å²) >= 11 is 0. The van der Waals surface area contributed by atoms with E-state index >= 15 is 0 Å². The molecule has 0 aromatic heterocycles. The van der Waals surface area contributed by atoms with E-state index in [0.717, 1.165) is 6.42 Å². The third-order valence-corrected chi connectivity index (χ3v) is 3.97. The van der Waals surface area contributed by atoms with Crippen LogP contribution in [0, 0.1) is 22.6 Å². The van der Waals surface area contributed by atoms with Gasteiger partial charge in [-0.2, -0.15) is 5.26 Å². The van der Waals surface area contributed by atoms with Gasteiger partial charge in [0.1, 0.15) is 5.82 Å². The Morgan fingerprint density at radius 1 is 1.50 bits per heavy atom. The summed E-state index contributed by atoms with van der Waals surface area (Å²) in [6, 6.07) is 6.99. The molecule has 0 saturated heterocycles. The first-order chi connectivity index (χ1) is 8.53. The SMILES string of the molecule is CC1(C)CCCC1NCc1cc(C#N)ccc1F. The summed E-state index contributed by atoms with van der Waals surface area (Å²) in [7, 11) is 0. The van der Waals surface area contributed by atoms with Crippen LogP contribution in [0.1, 0.15) is 44.2 Å². The van der Waals surface area contributed by atoms with Crippen LogP contribution in [0.25, 0.3) is 0 Å². The average Bonchev–Trinajstić information content (AvgIpc) is 2.67. The van der Waals surface area contributed by atoms with Gasteiger partial charge in [-0.3, -0.25) is 0 Å². The molecule has 1 aliphatic rings. The van der Waals surface area contributed by atoms with Crippen LogP contribution in [-0.2, 0) is 6.54 Å². The molecule has 2 rings (SSSR count). The van der Waals surface area contributed by atoms with E-state index in [2.05, 4.69) is 19.2 Å². The highest BCUT2D eigenvalue weighted by Gasteiger charge is 2.33. The Bertz CT molecular complexity index is 474. The quantitative estimate of drug-likeness (QED) is 0.887. The lowest BCUT2D eigenvalue weighted by atomic mass is 9.87. The molecular formula is C15H19FN2. The molecular weight excluding hydrogens is 227 g/mol. The fraction of sp³-hybridized carbons (Fsp3) is 0.533. The monoisotopic (exact) mass is 246 g/mol. The second-order valence-electron chi connectivity index (χ2n) is 5.73. The summed E-state index contributed by atoms with van der Waals surface area (Å²) < 4.78 is 13.6. The summed E-state index contributed by atoms with van der Waals surface area (Å²) in [6.45, 7) is 4.99. The zero-order valence-corrected chi connectivity index (χ0v) is 11.0. The minimum absolute atomic E-state index is 0.239. The van der Waals surface area contributed by atoms with Gasteiger partial charge in [0.05, 0.1) is 11.6 Å². The number of hydrogen-bond donors (Lipinski definition) is 1. The van der Waals surface area contributed by atoms with Crippen molar-refractivity contribution in [2.24, 2.45) is 5.41 Å². The summed E-state index contributed by atoms with van der Waals surface area (Å²) in [5.41, 5.74) is 1.37. The number of nitriles is 1. The summed E-state index contributed by atoms with van der Waals surface area (Å²) in [5.74, 6) is -0.239. The molecule has 0 radical (unpaired) electrons. The van der Waals surface area contributed by atoms with Crippen molar-refractivity contribution in [1.82, 2.24) is 5.32 Å². The van der Waals surface area contributed by atoms with E-state index in [1.54, 1.807) is 6.07 Å². The van der Waals surface area contributed by atoms with E-state index in [-0.39, 0.29) is 11.2 Å². The maximum absolute atomic E-state index is 13.6. The average molecular weight is 246 g/mol. The standard InChI is InChI=1S/C15H19FN2/c1-15(2)7-3-4-14(15)18-10-12-8-11(9-17)5-6-13(12)16/h5-6,8,14,18H,3-4,7,10H2,1-2H3. The molecule has 1 saturated carbocycles. The Morgan fingerprint density at radius 3 is 2.89 bits per heavy atom. The van der Waals surface area contributed by atoms with Crippen molar-refractivity contribution in [2.45, 2.75) is 45.7 Å². The van der Waals surface area contributed by atoms with Crippen LogP contribution in [0.2, 0.25) is 0 Å². The second kappa shape index (κ2) is 5.07. The van der Waals surface area contributed by atoms with E-state index in [1.807, 2.05) is 6.07 Å². The molecule has 0 aliphatic heterocycles. The van der Waals surface area contributed by atoms with Crippen molar-refractivity contribution in [3.63, 3.8) is 0 Å². The van der Waals surface area contributed by atoms with Gasteiger partial charge in [-0.05, 0) is 36.5 Å². The van der Waals surface area contributed by atoms with Crippen LogP contribution in [0.3, 0.4) is 0 Å². The number of nitrogens with one attached hydrogen (secondary N) is 1. The molecule has 1 unspecified atom stereocenters. The zero-order chi connectivity index (χ0) is 13.2. The molecule has 0 heterocycles. The van der Waals surface area contributed by atoms with Gasteiger partial charge in [0.2, 0.25) is 0 Å². The van der Waals surface area contributed by atoms with Crippen molar-refractivity contribution in [1.29, 1.82) is 5.26 Å². The van der Waals surface area contributed by atoms with E-state index in [0.29, 0.717) is 23.7 Å². The lowest BCUT2D eigenvalue weighted by molar-refractivity contribution is 0.281. The van der Waals surface area contributed by atoms with Gasteiger partial charge in [-0.1, -0.05) is 20.3 Å². The summed E-state index contributed by atoms with van der Waals surface area (Å²) in [6.07, 6.45) is 3.59. The molecule has 1 atom stereocenters. The van der Waals surface area contributed by atoms with Gasteiger partial charge in [-0.15, -0.1) is 0 Å². The molecule has 0 bridgehead atoms. The number of nitrogens with zero attached hydrogens (tertiary/aromatic N) is 1. The van der Waals surface area contributed by atoms with Crippen molar-refractivity contribution < 1.29 is 4.39 Å². The number of benzene rings is 1.